The highest BCUT2D eigenvalue weighted by atomic mass is 16.3. The Morgan fingerprint density at radius 3 is 1.84 bits per heavy atom. The van der Waals surface area contributed by atoms with Gasteiger partial charge in [0, 0.05) is 38.2 Å². The maximum Gasteiger partial charge on any atom is 0.160 e. The largest absolute Gasteiger partial charge is 0.456 e. The van der Waals surface area contributed by atoms with Gasteiger partial charge in [-0.15, -0.1) is 0 Å². The molecule has 0 aliphatic heterocycles. The average molecular weight is 563 g/mol. The summed E-state index contributed by atoms with van der Waals surface area (Å²) in [5, 5.41) is 9.23. The standard InChI is InChI=1S/C40H22N2O2/c1-2-9-23(10-3-1)40-41-31(24-19-20-26-25-11-4-5-16-33(25)43-36(26)21-24)22-32(42-40)29-14-6-12-27-28-13-7-17-34-38(28)39-30(37(27)29)15-8-18-35(39)44-34/h1-22H. The van der Waals surface area contributed by atoms with E-state index in [9.17, 15) is 0 Å². The number of nitrogens with zero attached hydrogens (tertiary/aromatic N) is 2. The van der Waals surface area contributed by atoms with Gasteiger partial charge in [0.25, 0.3) is 0 Å². The molecule has 0 aliphatic rings. The minimum atomic E-state index is 0.681. The Bertz CT molecular complexity index is 2720. The number of furan rings is 2. The number of fused-ring (bicyclic) bond motifs is 6. The molecule has 10 rings (SSSR count). The van der Waals surface area contributed by atoms with E-state index in [2.05, 4.69) is 97.1 Å². The van der Waals surface area contributed by atoms with Crippen LogP contribution < -0.4 is 0 Å². The maximum absolute atomic E-state index is 6.31. The Labute approximate surface area is 251 Å². The van der Waals surface area contributed by atoms with Crippen molar-refractivity contribution in [2.45, 2.75) is 0 Å². The van der Waals surface area contributed by atoms with E-state index in [4.69, 9.17) is 18.8 Å². The molecule has 44 heavy (non-hydrogen) atoms. The van der Waals surface area contributed by atoms with Gasteiger partial charge in [-0.25, -0.2) is 9.97 Å². The summed E-state index contributed by atoms with van der Waals surface area (Å²) in [6.45, 7) is 0. The van der Waals surface area contributed by atoms with Crippen molar-refractivity contribution >= 4 is 65.4 Å². The molecule has 0 amide bonds. The molecule has 3 heterocycles. The van der Waals surface area contributed by atoms with Crippen LogP contribution in [-0.4, -0.2) is 9.97 Å². The van der Waals surface area contributed by atoms with Crippen LogP contribution in [0.1, 0.15) is 0 Å². The van der Waals surface area contributed by atoms with Crippen LogP contribution in [0, 0.1) is 0 Å². The zero-order valence-corrected chi connectivity index (χ0v) is 23.4. The van der Waals surface area contributed by atoms with Gasteiger partial charge in [0.05, 0.1) is 11.4 Å². The third kappa shape index (κ3) is 3.28. The van der Waals surface area contributed by atoms with Gasteiger partial charge in [0.1, 0.15) is 22.3 Å². The second-order valence-corrected chi connectivity index (χ2v) is 11.3. The fourth-order valence-corrected chi connectivity index (χ4v) is 6.91. The smallest absolute Gasteiger partial charge is 0.160 e. The molecule has 10 aromatic rings. The Balaban J connectivity index is 1.28. The molecule has 0 aliphatic carbocycles. The van der Waals surface area contributed by atoms with E-state index in [0.717, 1.165) is 77.3 Å². The Morgan fingerprint density at radius 1 is 0.364 bits per heavy atom. The summed E-state index contributed by atoms with van der Waals surface area (Å²) in [5.41, 5.74) is 8.25. The van der Waals surface area contributed by atoms with Gasteiger partial charge in [0.15, 0.2) is 5.82 Å². The van der Waals surface area contributed by atoms with Crippen LogP contribution in [0.25, 0.3) is 99.3 Å². The monoisotopic (exact) mass is 562 g/mol. The normalized spacial score (nSPS) is 12.1. The summed E-state index contributed by atoms with van der Waals surface area (Å²) in [6, 6.07) is 46.0. The van der Waals surface area contributed by atoms with Crippen LogP contribution in [0.3, 0.4) is 0 Å². The van der Waals surface area contributed by atoms with E-state index in [1.165, 1.54) is 16.2 Å². The number of para-hydroxylation sites is 1. The summed E-state index contributed by atoms with van der Waals surface area (Å²) >= 11 is 0. The lowest BCUT2D eigenvalue weighted by Crippen LogP contribution is -1.96. The Morgan fingerprint density at radius 2 is 0.977 bits per heavy atom. The van der Waals surface area contributed by atoms with Crippen molar-refractivity contribution in [1.29, 1.82) is 0 Å². The summed E-state index contributed by atoms with van der Waals surface area (Å²) < 4.78 is 12.6. The minimum absolute atomic E-state index is 0.681. The van der Waals surface area contributed by atoms with Crippen molar-refractivity contribution < 1.29 is 8.83 Å². The molecule has 0 spiro atoms. The molecule has 204 valence electrons. The minimum Gasteiger partial charge on any atom is -0.456 e. The molecule has 0 radical (unpaired) electrons. The molecular formula is C40H22N2O2. The molecule has 0 N–H and O–H groups in total. The first-order valence-corrected chi connectivity index (χ1v) is 14.7. The zero-order valence-electron chi connectivity index (χ0n) is 23.4. The van der Waals surface area contributed by atoms with Gasteiger partial charge < -0.3 is 8.83 Å². The van der Waals surface area contributed by atoms with Gasteiger partial charge in [0.2, 0.25) is 0 Å². The van der Waals surface area contributed by atoms with Gasteiger partial charge in [-0.2, -0.15) is 0 Å². The highest BCUT2D eigenvalue weighted by molar-refractivity contribution is 6.34. The highest BCUT2D eigenvalue weighted by Crippen LogP contribution is 2.45. The predicted molar refractivity (Wildman–Crippen MR) is 179 cm³/mol. The van der Waals surface area contributed by atoms with Gasteiger partial charge in [-0.05, 0) is 57.9 Å². The molecular weight excluding hydrogens is 540 g/mol. The molecule has 4 nitrogen and oxygen atoms in total. The van der Waals surface area contributed by atoms with Crippen molar-refractivity contribution in [2.24, 2.45) is 0 Å². The Hall–Kier alpha value is -6.00. The molecule has 0 saturated carbocycles. The van der Waals surface area contributed by atoms with Crippen molar-refractivity contribution in [3.05, 3.63) is 133 Å². The first kappa shape index (κ1) is 23.6. The van der Waals surface area contributed by atoms with E-state index in [1.807, 2.05) is 36.4 Å². The van der Waals surface area contributed by atoms with Gasteiger partial charge in [-0.3, -0.25) is 0 Å². The van der Waals surface area contributed by atoms with E-state index in [1.54, 1.807) is 0 Å². The third-order valence-corrected chi connectivity index (χ3v) is 8.85. The second kappa shape index (κ2) is 8.76. The third-order valence-electron chi connectivity index (χ3n) is 8.85. The van der Waals surface area contributed by atoms with Crippen LogP contribution in [0.15, 0.2) is 142 Å². The lowest BCUT2D eigenvalue weighted by atomic mass is 9.90. The molecule has 0 bridgehead atoms. The zero-order chi connectivity index (χ0) is 28.8. The topological polar surface area (TPSA) is 52.1 Å². The molecule has 3 aromatic heterocycles. The summed E-state index contributed by atoms with van der Waals surface area (Å²) in [4.78, 5) is 10.3. The van der Waals surface area contributed by atoms with Gasteiger partial charge >= 0.3 is 0 Å². The summed E-state index contributed by atoms with van der Waals surface area (Å²) in [7, 11) is 0. The molecule has 4 heteroatoms. The fourth-order valence-electron chi connectivity index (χ4n) is 6.91. The first-order valence-electron chi connectivity index (χ1n) is 14.7. The van der Waals surface area contributed by atoms with Crippen LogP contribution in [0.5, 0.6) is 0 Å². The van der Waals surface area contributed by atoms with Crippen molar-refractivity contribution in [3.63, 3.8) is 0 Å². The lowest BCUT2D eigenvalue weighted by molar-refractivity contribution is 0.669. The SMILES string of the molecule is c1ccc(-c2nc(-c3ccc4c(c3)oc3ccccc34)cc(-c3cccc4c5cccc6oc7cccc(c34)c7c65)n2)cc1. The maximum atomic E-state index is 6.31. The van der Waals surface area contributed by atoms with Crippen LogP contribution in [-0.2, 0) is 0 Å². The summed E-state index contributed by atoms with van der Waals surface area (Å²) in [6.07, 6.45) is 0. The lowest BCUT2D eigenvalue weighted by Gasteiger charge is -2.14. The number of hydrogen-bond acceptors (Lipinski definition) is 4. The first-order chi connectivity index (χ1) is 21.8. The van der Waals surface area contributed by atoms with Gasteiger partial charge in [-0.1, -0.05) is 97.1 Å². The van der Waals surface area contributed by atoms with Crippen molar-refractivity contribution in [2.75, 3.05) is 0 Å². The predicted octanol–water partition coefficient (Wildman–Crippen LogP) is 11.0. The molecule has 7 aromatic carbocycles. The summed E-state index contributed by atoms with van der Waals surface area (Å²) in [5.74, 6) is 0.681. The molecule has 0 saturated heterocycles. The quantitative estimate of drug-likeness (QED) is 0.201. The molecule has 0 fully saturated rings. The van der Waals surface area contributed by atoms with E-state index < -0.39 is 0 Å². The second-order valence-electron chi connectivity index (χ2n) is 11.3. The van der Waals surface area contributed by atoms with Crippen LogP contribution in [0.2, 0.25) is 0 Å². The number of benzene rings is 7. The fraction of sp³-hybridized carbons (Fsp3) is 0. The molecule has 0 unspecified atom stereocenters. The number of hydrogen-bond donors (Lipinski definition) is 0. The van der Waals surface area contributed by atoms with E-state index >= 15 is 0 Å². The Kier molecular flexibility index (Phi) is 4.69. The molecule has 0 atom stereocenters. The van der Waals surface area contributed by atoms with Crippen LogP contribution >= 0.6 is 0 Å². The highest BCUT2D eigenvalue weighted by Gasteiger charge is 2.20. The van der Waals surface area contributed by atoms with E-state index in [-0.39, 0.29) is 0 Å². The van der Waals surface area contributed by atoms with Crippen molar-refractivity contribution in [1.82, 2.24) is 9.97 Å². The van der Waals surface area contributed by atoms with Crippen molar-refractivity contribution in [3.8, 4) is 33.9 Å². The average Bonchev–Trinajstić information content (AvgIpc) is 3.66. The number of aromatic nitrogens is 2. The van der Waals surface area contributed by atoms with E-state index in [0.29, 0.717) is 5.82 Å². The number of rotatable bonds is 3. The van der Waals surface area contributed by atoms with Crippen LogP contribution in [0.4, 0.5) is 0 Å².